The van der Waals surface area contributed by atoms with Gasteiger partial charge in [-0.1, -0.05) is 12.1 Å². The first kappa shape index (κ1) is 18.3. The van der Waals surface area contributed by atoms with Gasteiger partial charge in [-0.2, -0.15) is 0 Å². The Labute approximate surface area is 155 Å². The molecule has 0 saturated carbocycles. The van der Waals surface area contributed by atoms with Crippen molar-refractivity contribution in [2.75, 3.05) is 20.7 Å². The third kappa shape index (κ3) is 3.57. The number of amides is 1. The molecule has 0 bridgehead atoms. The van der Waals surface area contributed by atoms with E-state index in [1.807, 2.05) is 6.92 Å². The number of ether oxygens (including phenoxy) is 2. The molecule has 0 spiro atoms. The molecule has 0 fully saturated rings. The summed E-state index contributed by atoms with van der Waals surface area (Å²) < 4.78 is 15.8. The minimum absolute atomic E-state index is 0.0772. The number of rotatable bonds is 4. The van der Waals surface area contributed by atoms with Crippen LogP contribution in [0.4, 0.5) is 4.79 Å². The van der Waals surface area contributed by atoms with E-state index in [4.69, 9.17) is 13.9 Å². The van der Waals surface area contributed by atoms with Crippen molar-refractivity contribution in [1.82, 2.24) is 4.90 Å². The summed E-state index contributed by atoms with van der Waals surface area (Å²) in [6.07, 6.45) is 0.865. The molecule has 1 N–H and O–H groups in total. The van der Waals surface area contributed by atoms with E-state index in [2.05, 4.69) is 0 Å². The van der Waals surface area contributed by atoms with Gasteiger partial charge in [-0.05, 0) is 24.6 Å². The van der Waals surface area contributed by atoms with Crippen LogP contribution in [0.5, 0.6) is 17.2 Å². The minimum atomic E-state index is -0.464. The second-order valence-corrected chi connectivity index (χ2v) is 5.90. The van der Waals surface area contributed by atoms with E-state index in [1.54, 1.807) is 31.3 Å². The van der Waals surface area contributed by atoms with E-state index in [1.165, 1.54) is 30.4 Å². The van der Waals surface area contributed by atoms with Crippen LogP contribution in [0.3, 0.4) is 0 Å². The molecule has 7 nitrogen and oxygen atoms in total. The molecular weight excluding hydrogens is 350 g/mol. The highest BCUT2D eigenvalue weighted by Gasteiger charge is 2.15. The van der Waals surface area contributed by atoms with Crippen LogP contribution in [-0.4, -0.2) is 36.8 Å². The van der Waals surface area contributed by atoms with E-state index in [0.717, 1.165) is 0 Å². The normalized spacial score (nSPS) is 10.6. The van der Waals surface area contributed by atoms with E-state index < -0.39 is 6.09 Å². The SMILES string of the molecule is CCN(C)C(=O)Oc1ccc(-c2coc3cc(OC)cc(O)c3c2=O)cc1. The number of fused-ring (bicyclic) bond motifs is 1. The lowest BCUT2D eigenvalue weighted by Crippen LogP contribution is -2.29. The van der Waals surface area contributed by atoms with Crippen molar-refractivity contribution in [3.05, 3.63) is 52.9 Å². The van der Waals surface area contributed by atoms with Gasteiger partial charge in [-0.25, -0.2) is 4.79 Å². The number of hydrogen-bond donors (Lipinski definition) is 1. The fourth-order valence-corrected chi connectivity index (χ4v) is 2.54. The number of carbonyl (C=O) groups excluding carboxylic acids is 1. The van der Waals surface area contributed by atoms with Crippen LogP contribution in [0.15, 0.2) is 51.9 Å². The Hall–Kier alpha value is -3.48. The second-order valence-electron chi connectivity index (χ2n) is 5.90. The summed E-state index contributed by atoms with van der Waals surface area (Å²) in [5.74, 6) is 0.536. The summed E-state index contributed by atoms with van der Waals surface area (Å²) in [5, 5.41) is 10.2. The highest BCUT2D eigenvalue weighted by molar-refractivity contribution is 5.88. The molecule has 0 aliphatic rings. The topological polar surface area (TPSA) is 89.2 Å². The van der Waals surface area contributed by atoms with Crippen molar-refractivity contribution in [3.63, 3.8) is 0 Å². The Kier molecular flexibility index (Phi) is 5.03. The second kappa shape index (κ2) is 7.41. The number of aromatic hydroxyl groups is 1. The van der Waals surface area contributed by atoms with Crippen molar-refractivity contribution < 1.29 is 23.8 Å². The van der Waals surface area contributed by atoms with Crippen molar-refractivity contribution in [3.8, 4) is 28.4 Å². The van der Waals surface area contributed by atoms with Gasteiger partial charge >= 0.3 is 6.09 Å². The zero-order valence-corrected chi connectivity index (χ0v) is 15.2. The smallest absolute Gasteiger partial charge is 0.414 e. The number of benzene rings is 2. The van der Waals surface area contributed by atoms with Gasteiger partial charge < -0.3 is 23.9 Å². The summed E-state index contributed by atoms with van der Waals surface area (Å²) in [6, 6.07) is 9.37. The van der Waals surface area contributed by atoms with Gasteiger partial charge in [0.15, 0.2) is 0 Å². The number of carbonyl (C=O) groups is 1. The highest BCUT2D eigenvalue weighted by Crippen LogP contribution is 2.30. The van der Waals surface area contributed by atoms with Crippen LogP contribution < -0.4 is 14.9 Å². The van der Waals surface area contributed by atoms with Crippen molar-refractivity contribution in [2.24, 2.45) is 0 Å². The van der Waals surface area contributed by atoms with Crippen molar-refractivity contribution >= 4 is 17.1 Å². The molecule has 0 aliphatic carbocycles. The molecule has 140 valence electrons. The van der Waals surface area contributed by atoms with E-state index in [0.29, 0.717) is 23.6 Å². The molecule has 2 aromatic carbocycles. The monoisotopic (exact) mass is 369 g/mol. The summed E-state index contributed by atoms with van der Waals surface area (Å²) >= 11 is 0. The van der Waals surface area contributed by atoms with Crippen LogP contribution >= 0.6 is 0 Å². The quantitative estimate of drug-likeness (QED) is 0.755. The lowest BCUT2D eigenvalue weighted by Gasteiger charge is -2.14. The van der Waals surface area contributed by atoms with Gasteiger partial charge in [-0.15, -0.1) is 0 Å². The molecule has 0 aliphatic heterocycles. The van der Waals surface area contributed by atoms with Crippen LogP contribution in [-0.2, 0) is 0 Å². The molecule has 1 heterocycles. The molecule has 27 heavy (non-hydrogen) atoms. The molecular formula is C20H19NO6. The highest BCUT2D eigenvalue weighted by atomic mass is 16.6. The number of hydrogen-bond acceptors (Lipinski definition) is 6. The number of nitrogens with zero attached hydrogens (tertiary/aromatic N) is 1. The first-order valence-electron chi connectivity index (χ1n) is 8.30. The van der Waals surface area contributed by atoms with Crippen LogP contribution in [0, 0.1) is 0 Å². The Bertz CT molecular complexity index is 1040. The van der Waals surface area contributed by atoms with Gasteiger partial charge in [0.25, 0.3) is 0 Å². The largest absolute Gasteiger partial charge is 0.507 e. The first-order chi connectivity index (χ1) is 12.9. The average Bonchev–Trinajstić information content (AvgIpc) is 2.67. The average molecular weight is 369 g/mol. The van der Waals surface area contributed by atoms with Crippen LogP contribution in [0.25, 0.3) is 22.1 Å². The third-order valence-corrected chi connectivity index (χ3v) is 4.22. The molecule has 1 amide bonds. The van der Waals surface area contributed by atoms with Gasteiger partial charge in [-0.3, -0.25) is 4.79 Å². The van der Waals surface area contributed by atoms with E-state index in [-0.39, 0.29) is 27.7 Å². The van der Waals surface area contributed by atoms with Crippen LogP contribution in [0.1, 0.15) is 6.92 Å². The number of phenols is 1. The summed E-state index contributed by atoms with van der Waals surface area (Å²) in [7, 11) is 3.10. The molecule has 0 unspecified atom stereocenters. The zero-order chi connectivity index (χ0) is 19.6. The Morgan fingerprint density at radius 2 is 1.89 bits per heavy atom. The maximum absolute atomic E-state index is 12.8. The molecule has 1 aromatic heterocycles. The molecule has 3 rings (SSSR count). The Balaban J connectivity index is 1.96. The summed E-state index contributed by atoms with van der Waals surface area (Å²) in [6.45, 7) is 2.37. The van der Waals surface area contributed by atoms with E-state index in [9.17, 15) is 14.7 Å². The van der Waals surface area contributed by atoms with E-state index >= 15 is 0 Å². The standard InChI is InChI=1S/C20H19NO6/c1-4-21(2)20(24)27-13-7-5-12(6-8-13)15-11-26-17-10-14(25-3)9-16(22)18(17)19(15)23/h5-11,22H,4H2,1-3H3. The van der Waals surface area contributed by atoms with Gasteiger partial charge in [0.1, 0.15) is 34.5 Å². The predicted molar refractivity (Wildman–Crippen MR) is 100 cm³/mol. The van der Waals surface area contributed by atoms with Crippen LogP contribution in [0.2, 0.25) is 0 Å². The summed E-state index contributed by atoms with van der Waals surface area (Å²) in [4.78, 5) is 26.0. The van der Waals surface area contributed by atoms with Gasteiger partial charge in [0, 0.05) is 25.7 Å². The molecule has 3 aromatic rings. The maximum atomic E-state index is 12.8. The number of phenolic OH excluding ortho intramolecular Hbond substituents is 1. The third-order valence-electron chi connectivity index (χ3n) is 4.22. The Morgan fingerprint density at radius 3 is 2.52 bits per heavy atom. The first-order valence-corrected chi connectivity index (χ1v) is 8.30. The fourth-order valence-electron chi connectivity index (χ4n) is 2.54. The van der Waals surface area contributed by atoms with Gasteiger partial charge in [0.05, 0.1) is 12.7 Å². The minimum Gasteiger partial charge on any atom is -0.507 e. The molecule has 7 heteroatoms. The number of methoxy groups -OCH3 is 1. The van der Waals surface area contributed by atoms with Crippen molar-refractivity contribution in [1.29, 1.82) is 0 Å². The molecule has 0 radical (unpaired) electrons. The molecule has 0 saturated heterocycles. The predicted octanol–water partition coefficient (Wildman–Crippen LogP) is 3.62. The van der Waals surface area contributed by atoms with Gasteiger partial charge in [0.2, 0.25) is 5.43 Å². The maximum Gasteiger partial charge on any atom is 0.414 e. The van der Waals surface area contributed by atoms with Crippen molar-refractivity contribution in [2.45, 2.75) is 6.92 Å². The Morgan fingerprint density at radius 1 is 1.19 bits per heavy atom. The lowest BCUT2D eigenvalue weighted by atomic mass is 10.0. The molecule has 0 atom stereocenters. The zero-order valence-electron chi connectivity index (χ0n) is 15.2. The lowest BCUT2D eigenvalue weighted by molar-refractivity contribution is 0.165. The fraction of sp³-hybridized carbons (Fsp3) is 0.200. The summed E-state index contributed by atoms with van der Waals surface area (Å²) in [5.41, 5.74) is 0.719.